The summed E-state index contributed by atoms with van der Waals surface area (Å²) in [7, 11) is 0. The molecule has 0 N–H and O–H groups in total. The minimum atomic E-state index is -0.209. The molecular weight excluding hydrogens is 412 g/mol. The van der Waals surface area contributed by atoms with Crippen molar-refractivity contribution in [3.63, 3.8) is 0 Å². The summed E-state index contributed by atoms with van der Waals surface area (Å²) in [5.41, 5.74) is 2.70. The van der Waals surface area contributed by atoms with E-state index in [0.29, 0.717) is 21.7 Å². The average Bonchev–Trinajstić information content (AvgIpc) is 3.38. The van der Waals surface area contributed by atoms with Crippen LogP contribution in [0.1, 0.15) is 29.1 Å². The molecule has 6 rings (SSSR count). The van der Waals surface area contributed by atoms with Crippen LogP contribution in [0, 0.1) is 0 Å². The van der Waals surface area contributed by atoms with Gasteiger partial charge in [-0.2, -0.15) is 5.10 Å². The van der Waals surface area contributed by atoms with Gasteiger partial charge in [-0.05, 0) is 37.8 Å². The van der Waals surface area contributed by atoms with Gasteiger partial charge in [-0.25, -0.2) is 14.6 Å². The zero-order valence-corrected chi connectivity index (χ0v) is 17.4. The molecule has 0 spiro atoms. The fourth-order valence-electron chi connectivity index (χ4n) is 4.22. The van der Waals surface area contributed by atoms with Crippen molar-refractivity contribution < 1.29 is 0 Å². The fourth-order valence-corrected chi connectivity index (χ4v) is 5.45. The van der Waals surface area contributed by atoms with Gasteiger partial charge in [-0.3, -0.25) is 18.6 Å². The molecule has 0 bridgehead atoms. The summed E-state index contributed by atoms with van der Waals surface area (Å²) >= 11 is 1.58. The van der Waals surface area contributed by atoms with Crippen molar-refractivity contribution in [2.75, 3.05) is 0 Å². The minimum absolute atomic E-state index is 0.0848. The van der Waals surface area contributed by atoms with Gasteiger partial charge in [0.05, 0.1) is 24.1 Å². The summed E-state index contributed by atoms with van der Waals surface area (Å²) in [6.45, 7) is 0.187. The Hall–Kier alpha value is -3.59. The number of aryl methyl sites for hydroxylation is 2. The summed E-state index contributed by atoms with van der Waals surface area (Å²) < 4.78 is 4.86. The van der Waals surface area contributed by atoms with Gasteiger partial charge in [0.15, 0.2) is 10.6 Å². The van der Waals surface area contributed by atoms with Crippen molar-refractivity contribution >= 4 is 27.3 Å². The van der Waals surface area contributed by atoms with E-state index in [1.54, 1.807) is 20.4 Å². The van der Waals surface area contributed by atoms with Gasteiger partial charge in [0, 0.05) is 16.6 Å². The van der Waals surface area contributed by atoms with Crippen molar-refractivity contribution in [3.8, 4) is 5.69 Å². The lowest BCUT2D eigenvalue weighted by atomic mass is 10.0. The molecule has 1 aliphatic rings. The number of para-hydroxylation sites is 1. The maximum Gasteiger partial charge on any atom is 0.264 e. The molecule has 0 saturated carbocycles. The number of rotatable bonds is 3. The second kappa shape index (κ2) is 6.98. The van der Waals surface area contributed by atoms with E-state index in [1.165, 1.54) is 28.0 Å². The molecule has 154 valence electrons. The fraction of sp³-hybridized carbons (Fsp3) is 0.227. The Morgan fingerprint density at radius 3 is 2.77 bits per heavy atom. The van der Waals surface area contributed by atoms with Crippen molar-refractivity contribution in [3.05, 3.63) is 85.9 Å². The predicted molar refractivity (Wildman–Crippen MR) is 118 cm³/mol. The highest BCUT2D eigenvalue weighted by Crippen LogP contribution is 2.28. The number of fused-ring (bicyclic) bond motifs is 4. The van der Waals surface area contributed by atoms with E-state index in [-0.39, 0.29) is 17.7 Å². The number of aromatic nitrogens is 6. The van der Waals surface area contributed by atoms with Gasteiger partial charge in [0.2, 0.25) is 0 Å². The molecule has 0 unspecified atom stereocenters. The molecule has 9 heteroatoms. The summed E-state index contributed by atoms with van der Waals surface area (Å²) in [6, 6.07) is 11.1. The van der Waals surface area contributed by atoms with Crippen LogP contribution in [0.4, 0.5) is 0 Å². The molecular formula is C22H18N6O2S. The molecule has 0 aliphatic heterocycles. The van der Waals surface area contributed by atoms with E-state index in [1.807, 2.05) is 30.3 Å². The Morgan fingerprint density at radius 2 is 1.90 bits per heavy atom. The minimum Gasteiger partial charge on any atom is -0.292 e. The third-order valence-corrected chi connectivity index (χ3v) is 6.84. The number of hydrogen-bond acceptors (Lipinski definition) is 6. The van der Waals surface area contributed by atoms with E-state index in [4.69, 9.17) is 0 Å². The second-order valence-electron chi connectivity index (χ2n) is 7.69. The highest BCUT2D eigenvalue weighted by atomic mass is 32.1. The molecule has 0 radical (unpaired) electrons. The molecule has 4 aromatic heterocycles. The Balaban J connectivity index is 1.41. The predicted octanol–water partition coefficient (Wildman–Crippen LogP) is 2.58. The maximum atomic E-state index is 13.0. The maximum absolute atomic E-state index is 13.0. The van der Waals surface area contributed by atoms with Gasteiger partial charge in [-0.15, -0.1) is 11.3 Å². The molecule has 1 aromatic carbocycles. The molecule has 5 aromatic rings. The first-order valence-corrected chi connectivity index (χ1v) is 11.0. The monoisotopic (exact) mass is 430 g/mol. The van der Waals surface area contributed by atoms with Crippen molar-refractivity contribution in [1.82, 2.24) is 28.7 Å². The topological polar surface area (TPSA) is 87.1 Å². The van der Waals surface area contributed by atoms with E-state index in [9.17, 15) is 9.59 Å². The zero-order chi connectivity index (χ0) is 20.9. The van der Waals surface area contributed by atoms with Crippen LogP contribution in [-0.4, -0.2) is 28.7 Å². The first-order valence-electron chi connectivity index (χ1n) is 10.2. The molecule has 31 heavy (non-hydrogen) atoms. The summed E-state index contributed by atoms with van der Waals surface area (Å²) in [6.07, 6.45) is 7.21. The van der Waals surface area contributed by atoms with Crippen molar-refractivity contribution in [2.45, 2.75) is 32.2 Å². The first-order chi connectivity index (χ1) is 15.2. The lowest BCUT2D eigenvalue weighted by Crippen LogP contribution is -2.24. The summed E-state index contributed by atoms with van der Waals surface area (Å²) in [5.74, 6) is 0. The Bertz CT molecular complexity index is 1560. The van der Waals surface area contributed by atoms with Gasteiger partial charge in [0.25, 0.3) is 11.1 Å². The van der Waals surface area contributed by atoms with E-state index >= 15 is 0 Å². The second-order valence-corrected chi connectivity index (χ2v) is 8.75. The van der Waals surface area contributed by atoms with E-state index < -0.39 is 0 Å². The van der Waals surface area contributed by atoms with Crippen LogP contribution in [0.2, 0.25) is 0 Å². The van der Waals surface area contributed by atoms with E-state index in [0.717, 1.165) is 37.1 Å². The number of nitrogens with zero attached hydrogens (tertiary/aromatic N) is 6. The van der Waals surface area contributed by atoms with Gasteiger partial charge in [-0.1, -0.05) is 18.2 Å². The van der Waals surface area contributed by atoms with Crippen LogP contribution in [0.5, 0.6) is 0 Å². The number of benzene rings is 1. The molecule has 0 fully saturated rings. The lowest BCUT2D eigenvalue weighted by molar-refractivity contribution is 0.668. The Morgan fingerprint density at radius 1 is 1.06 bits per heavy atom. The third-order valence-electron chi connectivity index (χ3n) is 5.70. The van der Waals surface area contributed by atoms with Crippen LogP contribution in [0.15, 0.2) is 58.5 Å². The van der Waals surface area contributed by atoms with Crippen LogP contribution in [-0.2, 0) is 19.4 Å². The smallest absolute Gasteiger partial charge is 0.264 e. The Labute approximate surface area is 180 Å². The third kappa shape index (κ3) is 2.92. The molecule has 0 saturated heterocycles. The molecule has 0 amide bonds. The quantitative estimate of drug-likeness (QED) is 0.439. The van der Waals surface area contributed by atoms with Gasteiger partial charge in [0.1, 0.15) is 11.7 Å². The van der Waals surface area contributed by atoms with Crippen LogP contribution in [0.3, 0.4) is 0 Å². The highest BCUT2D eigenvalue weighted by Gasteiger charge is 2.19. The zero-order valence-electron chi connectivity index (χ0n) is 16.6. The molecule has 1 aliphatic carbocycles. The SMILES string of the molecule is O=c1c2cnn(-c3ccccc3)c2ncn1Cc1cc(=O)n2c3c(sc2n1)CCCC3. The molecule has 4 heterocycles. The van der Waals surface area contributed by atoms with Gasteiger partial charge >= 0.3 is 0 Å². The molecule has 8 nitrogen and oxygen atoms in total. The highest BCUT2D eigenvalue weighted by molar-refractivity contribution is 7.17. The summed E-state index contributed by atoms with van der Waals surface area (Å²) in [5, 5.41) is 4.77. The van der Waals surface area contributed by atoms with Crippen LogP contribution >= 0.6 is 11.3 Å². The lowest BCUT2D eigenvalue weighted by Gasteiger charge is -2.10. The normalized spacial score (nSPS) is 13.7. The van der Waals surface area contributed by atoms with E-state index in [2.05, 4.69) is 15.1 Å². The molecule has 0 atom stereocenters. The van der Waals surface area contributed by atoms with Gasteiger partial charge < -0.3 is 0 Å². The largest absolute Gasteiger partial charge is 0.292 e. The van der Waals surface area contributed by atoms with Crippen LogP contribution < -0.4 is 11.1 Å². The number of thiazole rings is 1. The Kier molecular flexibility index (Phi) is 4.10. The van der Waals surface area contributed by atoms with Crippen molar-refractivity contribution in [2.24, 2.45) is 0 Å². The van der Waals surface area contributed by atoms with Crippen molar-refractivity contribution in [1.29, 1.82) is 0 Å². The first kappa shape index (κ1) is 18.2. The van der Waals surface area contributed by atoms with Crippen LogP contribution in [0.25, 0.3) is 21.7 Å². The standard InChI is InChI=1S/C22H18N6O2S/c29-19-10-14(25-22-27(19)17-8-4-5-9-18(17)31-22)12-26-13-23-20-16(21(26)30)11-24-28(20)15-6-2-1-3-7-15/h1-3,6-7,10-11,13H,4-5,8-9,12H2. The average molecular weight is 430 g/mol. The number of hydrogen-bond donors (Lipinski definition) is 0. The summed E-state index contributed by atoms with van der Waals surface area (Å²) in [4.78, 5) is 36.9.